The minimum absolute atomic E-state index is 0.122. The lowest BCUT2D eigenvalue weighted by Gasteiger charge is -2.02. The summed E-state index contributed by atoms with van der Waals surface area (Å²) < 4.78 is 4.65. The molecule has 5 nitrogen and oxygen atoms in total. The number of carbonyl (C=O) groups excluding carboxylic acids is 2. The Labute approximate surface area is 89.2 Å². The molecule has 0 atom stereocenters. The first kappa shape index (κ1) is 13.4. The zero-order valence-corrected chi connectivity index (χ0v) is 9.08. The Morgan fingerprint density at radius 2 is 2.20 bits per heavy atom. The highest BCUT2D eigenvalue weighted by atomic mass is 16.5. The molecule has 5 heteroatoms. The number of amides is 2. The van der Waals surface area contributed by atoms with Gasteiger partial charge in [-0.2, -0.15) is 0 Å². The van der Waals surface area contributed by atoms with Crippen molar-refractivity contribution in [1.82, 2.24) is 5.32 Å². The SMILES string of the molecule is C=CC(=O)OCCNC(=O)/N=C(\C)CC. The van der Waals surface area contributed by atoms with Gasteiger partial charge >= 0.3 is 12.0 Å². The van der Waals surface area contributed by atoms with Crippen LogP contribution in [0.25, 0.3) is 0 Å². The zero-order valence-electron chi connectivity index (χ0n) is 9.08. The van der Waals surface area contributed by atoms with E-state index in [1.165, 1.54) is 0 Å². The summed E-state index contributed by atoms with van der Waals surface area (Å²) in [6, 6.07) is -0.413. The molecule has 15 heavy (non-hydrogen) atoms. The smallest absolute Gasteiger partial charge is 0.340 e. The van der Waals surface area contributed by atoms with Crippen LogP contribution in [0.4, 0.5) is 4.79 Å². The average Bonchev–Trinajstić information content (AvgIpc) is 2.23. The lowest BCUT2D eigenvalue weighted by atomic mass is 10.3. The van der Waals surface area contributed by atoms with E-state index in [0.717, 1.165) is 18.2 Å². The first-order valence-electron chi connectivity index (χ1n) is 4.71. The standard InChI is InChI=1S/C10H16N2O3/c1-4-8(3)12-10(14)11-6-7-15-9(13)5-2/h5H,2,4,6-7H2,1,3H3,(H,11,14)/b12-8+. The van der Waals surface area contributed by atoms with Crippen LogP contribution >= 0.6 is 0 Å². The summed E-state index contributed by atoms with van der Waals surface area (Å²) in [6.07, 6.45) is 1.81. The van der Waals surface area contributed by atoms with Crippen molar-refractivity contribution in [3.8, 4) is 0 Å². The van der Waals surface area contributed by atoms with Crippen LogP contribution in [-0.4, -0.2) is 30.9 Å². The lowest BCUT2D eigenvalue weighted by Crippen LogP contribution is -2.25. The van der Waals surface area contributed by atoms with Crippen molar-refractivity contribution < 1.29 is 14.3 Å². The summed E-state index contributed by atoms with van der Waals surface area (Å²) in [6.45, 7) is 7.30. The molecule has 0 aliphatic carbocycles. The van der Waals surface area contributed by atoms with Gasteiger partial charge in [0.1, 0.15) is 6.61 Å². The van der Waals surface area contributed by atoms with Gasteiger partial charge in [-0.05, 0) is 13.3 Å². The van der Waals surface area contributed by atoms with Crippen molar-refractivity contribution >= 4 is 17.7 Å². The molecule has 0 aromatic heterocycles. The van der Waals surface area contributed by atoms with E-state index in [4.69, 9.17) is 0 Å². The fourth-order valence-corrected chi connectivity index (χ4v) is 0.660. The van der Waals surface area contributed by atoms with Gasteiger partial charge in [0.25, 0.3) is 0 Å². The molecule has 0 aliphatic heterocycles. The molecular weight excluding hydrogens is 196 g/mol. The van der Waals surface area contributed by atoms with E-state index in [0.29, 0.717) is 0 Å². The molecule has 2 amide bonds. The number of nitrogens with one attached hydrogen (secondary N) is 1. The van der Waals surface area contributed by atoms with Gasteiger partial charge in [0, 0.05) is 11.8 Å². The predicted molar refractivity (Wildman–Crippen MR) is 58.0 cm³/mol. The number of urea groups is 1. The quantitative estimate of drug-likeness (QED) is 0.323. The molecule has 0 aromatic rings. The van der Waals surface area contributed by atoms with Crippen molar-refractivity contribution in [2.24, 2.45) is 4.99 Å². The van der Waals surface area contributed by atoms with Crippen LogP contribution in [0.2, 0.25) is 0 Å². The Morgan fingerprint density at radius 3 is 2.73 bits per heavy atom. The Kier molecular flexibility index (Phi) is 6.88. The maximum atomic E-state index is 11.1. The summed E-state index contributed by atoms with van der Waals surface area (Å²) in [5.74, 6) is -0.502. The van der Waals surface area contributed by atoms with E-state index in [-0.39, 0.29) is 13.2 Å². The third-order valence-corrected chi connectivity index (χ3v) is 1.59. The van der Waals surface area contributed by atoms with Gasteiger partial charge in [0.15, 0.2) is 0 Å². The molecule has 0 rings (SSSR count). The van der Waals surface area contributed by atoms with Gasteiger partial charge in [-0.3, -0.25) is 0 Å². The molecule has 0 saturated heterocycles. The van der Waals surface area contributed by atoms with E-state index >= 15 is 0 Å². The highest BCUT2D eigenvalue weighted by Gasteiger charge is 1.99. The molecule has 0 aromatic carbocycles. The van der Waals surface area contributed by atoms with E-state index in [9.17, 15) is 9.59 Å². The molecule has 0 spiro atoms. The second kappa shape index (κ2) is 7.73. The minimum atomic E-state index is -0.502. The number of ether oxygens (including phenoxy) is 1. The van der Waals surface area contributed by atoms with Gasteiger partial charge < -0.3 is 10.1 Å². The number of hydrogen-bond donors (Lipinski definition) is 1. The molecule has 0 heterocycles. The molecule has 0 bridgehead atoms. The zero-order chi connectivity index (χ0) is 11.7. The maximum Gasteiger partial charge on any atom is 0.340 e. The number of aliphatic imine (C=N–C) groups is 1. The Morgan fingerprint density at radius 1 is 1.53 bits per heavy atom. The van der Waals surface area contributed by atoms with Crippen molar-refractivity contribution in [3.63, 3.8) is 0 Å². The summed E-state index contributed by atoms with van der Waals surface area (Å²) in [5, 5.41) is 2.49. The number of hydrogen-bond acceptors (Lipinski definition) is 3. The second-order valence-electron chi connectivity index (χ2n) is 2.80. The third kappa shape index (κ3) is 7.42. The molecular formula is C10H16N2O3. The van der Waals surface area contributed by atoms with Crippen LogP contribution in [0, 0.1) is 0 Å². The lowest BCUT2D eigenvalue weighted by molar-refractivity contribution is -0.137. The van der Waals surface area contributed by atoms with E-state index in [1.54, 1.807) is 6.92 Å². The van der Waals surface area contributed by atoms with Crippen molar-refractivity contribution in [2.45, 2.75) is 20.3 Å². The van der Waals surface area contributed by atoms with Crippen LogP contribution in [0.1, 0.15) is 20.3 Å². The summed E-state index contributed by atoms with van der Waals surface area (Å²) >= 11 is 0. The number of rotatable bonds is 5. The number of esters is 1. The van der Waals surface area contributed by atoms with E-state index in [1.807, 2.05) is 6.92 Å². The molecule has 84 valence electrons. The van der Waals surface area contributed by atoms with Gasteiger partial charge in [-0.15, -0.1) is 0 Å². The monoisotopic (exact) mass is 212 g/mol. The molecule has 0 saturated carbocycles. The van der Waals surface area contributed by atoms with Crippen molar-refractivity contribution in [1.29, 1.82) is 0 Å². The number of nitrogens with zero attached hydrogens (tertiary/aromatic N) is 1. The van der Waals surface area contributed by atoms with Crippen molar-refractivity contribution in [2.75, 3.05) is 13.2 Å². The highest BCUT2D eigenvalue weighted by Crippen LogP contribution is 1.85. The van der Waals surface area contributed by atoms with Crippen LogP contribution in [-0.2, 0) is 9.53 Å². The molecule has 1 N–H and O–H groups in total. The molecule has 0 aliphatic rings. The molecule has 0 radical (unpaired) electrons. The van der Waals surface area contributed by atoms with E-state index < -0.39 is 12.0 Å². The Bertz CT molecular complexity index is 272. The fraction of sp³-hybridized carbons (Fsp3) is 0.500. The normalized spacial score (nSPS) is 10.7. The Hall–Kier alpha value is -1.65. The minimum Gasteiger partial charge on any atom is -0.461 e. The van der Waals surface area contributed by atoms with Crippen LogP contribution < -0.4 is 5.32 Å². The molecule has 0 fully saturated rings. The summed E-state index contributed by atoms with van der Waals surface area (Å²) in [4.78, 5) is 25.4. The first-order chi connectivity index (χ1) is 7.10. The highest BCUT2D eigenvalue weighted by molar-refractivity contribution is 5.93. The first-order valence-corrected chi connectivity index (χ1v) is 4.71. The van der Waals surface area contributed by atoms with Gasteiger partial charge in [-0.25, -0.2) is 14.6 Å². The van der Waals surface area contributed by atoms with Crippen LogP contribution in [0.15, 0.2) is 17.6 Å². The van der Waals surface area contributed by atoms with E-state index in [2.05, 4.69) is 21.6 Å². The topological polar surface area (TPSA) is 67.8 Å². The van der Waals surface area contributed by atoms with Crippen molar-refractivity contribution in [3.05, 3.63) is 12.7 Å². The maximum absolute atomic E-state index is 11.1. The van der Waals surface area contributed by atoms with Crippen LogP contribution in [0.3, 0.4) is 0 Å². The average molecular weight is 212 g/mol. The van der Waals surface area contributed by atoms with Crippen LogP contribution in [0.5, 0.6) is 0 Å². The largest absolute Gasteiger partial charge is 0.461 e. The second-order valence-corrected chi connectivity index (χ2v) is 2.80. The number of carbonyl (C=O) groups is 2. The van der Waals surface area contributed by atoms with Gasteiger partial charge in [0.2, 0.25) is 0 Å². The Balaban J connectivity index is 3.64. The summed E-state index contributed by atoms with van der Waals surface area (Å²) in [7, 11) is 0. The molecule has 0 unspecified atom stereocenters. The van der Waals surface area contributed by atoms with Gasteiger partial charge in [-0.1, -0.05) is 13.5 Å². The summed E-state index contributed by atoms with van der Waals surface area (Å²) in [5.41, 5.74) is 0.760. The van der Waals surface area contributed by atoms with Gasteiger partial charge in [0.05, 0.1) is 6.54 Å². The predicted octanol–water partition coefficient (Wildman–Crippen LogP) is 1.30. The third-order valence-electron chi connectivity index (χ3n) is 1.59. The fourth-order valence-electron chi connectivity index (χ4n) is 0.660.